The fourth-order valence-corrected chi connectivity index (χ4v) is 6.09. The third-order valence-electron chi connectivity index (χ3n) is 6.22. The minimum atomic E-state index is -0.306. The van der Waals surface area contributed by atoms with E-state index in [1.54, 1.807) is 11.3 Å². The van der Waals surface area contributed by atoms with Crippen LogP contribution in [0.5, 0.6) is 0 Å². The number of ether oxygens (including phenoxy) is 1. The van der Waals surface area contributed by atoms with Crippen LogP contribution in [-0.4, -0.2) is 18.5 Å². The highest BCUT2D eigenvalue weighted by molar-refractivity contribution is 7.17. The van der Waals surface area contributed by atoms with E-state index in [1.807, 2.05) is 13.0 Å². The molecule has 4 rings (SSSR count). The van der Waals surface area contributed by atoms with E-state index in [1.165, 1.54) is 23.3 Å². The molecule has 154 valence electrons. The maximum atomic E-state index is 12.7. The fraction of sp³-hybridized carbons (Fsp3) is 0.500. The summed E-state index contributed by atoms with van der Waals surface area (Å²) in [4.78, 5) is 26.6. The Morgan fingerprint density at radius 3 is 2.62 bits per heavy atom. The van der Waals surface area contributed by atoms with E-state index in [2.05, 4.69) is 29.6 Å². The van der Waals surface area contributed by atoms with Gasteiger partial charge in [-0.1, -0.05) is 43.2 Å². The van der Waals surface area contributed by atoms with Gasteiger partial charge in [0.2, 0.25) is 5.91 Å². The molecule has 1 heterocycles. The highest BCUT2D eigenvalue weighted by Gasteiger charge is 2.31. The van der Waals surface area contributed by atoms with Gasteiger partial charge in [0.25, 0.3) is 0 Å². The summed E-state index contributed by atoms with van der Waals surface area (Å²) >= 11 is 1.57. The van der Waals surface area contributed by atoms with Crippen molar-refractivity contribution in [1.82, 2.24) is 0 Å². The van der Waals surface area contributed by atoms with Crippen LogP contribution in [0.4, 0.5) is 5.00 Å². The van der Waals surface area contributed by atoms with Gasteiger partial charge in [-0.3, -0.25) is 4.79 Å². The van der Waals surface area contributed by atoms with Crippen LogP contribution in [0.1, 0.15) is 77.7 Å². The van der Waals surface area contributed by atoms with Gasteiger partial charge < -0.3 is 10.1 Å². The maximum absolute atomic E-state index is 12.7. The Kier molecular flexibility index (Phi) is 6.34. The Labute approximate surface area is 176 Å². The van der Waals surface area contributed by atoms with Crippen LogP contribution in [0.25, 0.3) is 0 Å². The second-order valence-corrected chi connectivity index (χ2v) is 9.29. The highest BCUT2D eigenvalue weighted by Crippen LogP contribution is 2.43. The van der Waals surface area contributed by atoms with Crippen LogP contribution in [0.15, 0.2) is 30.3 Å². The number of anilines is 1. The zero-order chi connectivity index (χ0) is 20.2. The van der Waals surface area contributed by atoms with Crippen LogP contribution in [0, 0.1) is 5.92 Å². The van der Waals surface area contributed by atoms with Crippen molar-refractivity contribution < 1.29 is 14.3 Å². The standard InChI is InChI=1S/C24H29NO3S/c1-2-28-24(27)22-19-13-12-18(17-10-4-3-5-11-17)15-20(19)29-23(22)25-21(26)14-16-8-6-7-9-16/h3-5,10-11,16,18H,2,6-9,12-15H2,1H3,(H,25,26)/t18-/m0/s1. The zero-order valence-corrected chi connectivity index (χ0v) is 17.9. The van der Waals surface area contributed by atoms with Gasteiger partial charge in [0.05, 0.1) is 12.2 Å². The van der Waals surface area contributed by atoms with Gasteiger partial charge >= 0.3 is 5.97 Å². The molecule has 2 aliphatic rings. The molecule has 4 nitrogen and oxygen atoms in total. The minimum absolute atomic E-state index is 0.0284. The molecule has 1 saturated carbocycles. The number of rotatable bonds is 6. The van der Waals surface area contributed by atoms with E-state index in [0.717, 1.165) is 37.7 Å². The number of hydrogen-bond donors (Lipinski definition) is 1. The smallest absolute Gasteiger partial charge is 0.341 e. The van der Waals surface area contributed by atoms with Gasteiger partial charge in [-0.2, -0.15) is 0 Å². The molecule has 29 heavy (non-hydrogen) atoms. The number of nitrogens with one attached hydrogen (secondary N) is 1. The molecule has 0 radical (unpaired) electrons. The molecule has 1 amide bonds. The lowest BCUT2D eigenvalue weighted by atomic mass is 9.83. The summed E-state index contributed by atoms with van der Waals surface area (Å²) in [5.41, 5.74) is 3.02. The fourth-order valence-electron chi connectivity index (χ4n) is 4.76. The van der Waals surface area contributed by atoms with E-state index < -0.39 is 0 Å². The molecule has 5 heteroatoms. The van der Waals surface area contributed by atoms with Crippen molar-refractivity contribution >= 4 is 28.2 Å². The normalized spacial score (nSPS) is 19.0. The van der Waals surface area contributed by atoms with E-state index in [-0.39, 0.29) is 11.9 Å². The van der Waals surface area contributed by atoms with Crippen molar-refractivity contribution in [2.24, 2.45) is 5.92 Å². The zero-order valence-electron chi connectivity index (χ0n) is 17.0. The molecule has 0 spiro atoms. The summed E-state index contributed by atoms with van der Waals surface area (Å²) in [6.45, 7) is 2.16. The van der Waals surface area contributed by atoms with E-state index in [0.29, 0.717) is 35.4 Å². The Bertz CT molecular complexity index is 868. The minimum Gasteiger partial charge on any atom is -0.462 e. The monoisotopic (exact) mass is 411 g/mol. The number of benzene rings is 1. The summed E-state index contributed by atoms with van der Waals surface area (Å²) < 4.78 is 5.34. The number of hydrogen-bond acceptors (Lipinski definition) is 4. The van der Waals surface area contributed by atoms with Crippen LogP contribution < -0.4 is 5.32 Å². The van der Waals surface area contributed by atoms with E-state index in [9.17, 15) is 9.59 Å². The first-order valence-electron chi connectivity index (χ1n) is 10.8. The molecule has 2 aromatic rings. The Hall–Kier alpha value is -2.14. The second-order valence-electron chi connectivity index (χ2n) is 8.18. The largest absolute Gasteiger partial charge is 0.462 e. The molecule has 1 atom stereocenters. The van der Waals surface area contributed by atoms with Crippen molar-refractivity contribution in [2.75, 3.05) is 11.9 Å². The summed E-state index contributed by atoms with van der Waals surface area (Å²) in [6.07, 6.45) is 8.04. The Morgan fingerprint density at radius 1 is 1.14 bits per heavy atom. The number of carbonyl (C=O) groups is 2. The molecule has 1 fully saturated rings. The van der Waals surface area contributed by atoms with E-state index >= 15 is 0 Å². The second kappa shape index (κ2) is 9.12. The van der Waals surface area contributed by atoms with E-state index in [4.69, 9.17) is 4.74 Å². The first kappa shape index (κ1) is 20.1. The Morgan fingerprint density at radius 2 is 1.90 bits per heavy atom. The molecule has 2 aliphatic carbocycles. The number of fused-ring (bicyclic) bond motifs is 1. The third-order valence-corrected chi connectivity index (χ3v) is 7.39. The lowest BCUT2D eigenvalue weighted by molar-refractivity contribution is -0.117. The van der Waals surface area contributed by atoms with Crippen LogP contribution >= 0.6 is 11.3 Å². The van der Waals surface area contributed by atoms with Gasteiger partial charge in [0, 0.05) is 11.3 Å². The van der Waals surface area contributed by atoms with Crippen molar-refractivity contribution in [3.63, 3.8) is 0 Å². The van der Waals surface area contributed by atoms with Crippen molar-refractivity contribution in [3.05, 3.63) is 51.9 Å². The summed E-state index contributed by atoms with van der Waals surface area (Å²) in [5, 5.41) is 3.75. The first-order valence-corrected chi connectivity index (χ1v) is 11.6. The molecule has 0 bridgehead atoms. The molecular formula is C24H29NO3S. The SMILES string of the molecule is CCOC(=O)c1c(NC(=O)CC2CCCC2)sc2c1CC[C@H](c1ccccc1)C2. The van der Waals surface area contributed by atoms with Gasteiger partial charge in [0.1, 0.15) is 5.00 Å². The Balaban J connectivity index is 1.57. The van der Waals surface area contributed by atoms with Crippen molar-refractivity contribution in [1.29, 1.82) is 0 Å². The quantitative estimate of drug-likeness (QED) is 0.619. The lowest BCUT2D eigenvalue weighted by Gasteiger charge is -2.23. The van der Waals surface area contributed by atoms with Crippen LogP contribution in [0.3, 0.4) is 0 Å². The lowest BCUT2D eigenvalue weighted by Crippen LogP contribution is -2.18. The van der Waals surface area contributed by atoms with Crippen molar-refractivity contribution in [2.45, 2.75) is 64.2 Å². The number of esters is 1. The average molecular weight is 412 g/mol. The molecule has 1 aromatic carbocycles. The molecule has 0 aliphatic heterocycles. The van der Waals surface area contributed by atoms with Gasteiger partial charge in [-0.05, 0) is 62.0 Å². The molecule has 1 aromatic heterocycles. The molecule has 0 unspecified atom stereocenters. The molecular weight excluding hydrogens is 382 g/mol. The predicted molar refractivity (Wildman–Crippen MR) is 117 cm³/mol. The molecule has 1 N–H and O–H groups in total. The maximum Gasteiger partial charge on any atom is 0.341 e. The van der Waals surface area contributed by atoms with Crippen molar-refractivity contribution in [3.8, 4) is 0 Å². The third kappa shape index (κ3) is 4.55. The van der Waals surface area contributed by atoms with Gasteiger partial charge in [0.15, 0.2) is 0 Å². The average Bonchev–Trinajstić information content (AvgIpc) is 3.35. The van der Waals surface area contributed by atoms with Gasteiger partial charge in [-0.15, -0.1) is 11.3 Å². The summed E-state index contributed by atoms with van der Waals surface area (Å²) in [6, 6.07) is 10.6. The number of carbonyl (C=O) groups excluding carboxylic acids is 2. The number of thiophene rings is 1. The van der Waals surface area contributed by atoms with Crippen LogP contribution in [0.2, 0.25) is 0 Å². The first-order chi connectivity index (χ1) is 14.2. The van der Waals surface area contributed by atoms with Gasteiger partial charge in [-0.25, -0.2) is 4.79 Å². The summed E-state index contributed by atoms with van der Waals surface area (Å²) in [5.74, 6) is 0.664. The number of amides is 1. The predicted octanol–water partition coefficient (Wildman–Crippen LogP) is 5.72. The highest BCUT2D eigenvalue weighted by atomic mass is 32.1. The molecule has 0 saturated heterocycles. The summed E-state index contributed by atoms with van der Waals surface area (Å²) in [7, 11) is 0. The topological polar surface area (TPSA) is 55.4 Å². The van der Waals surface area contributed by atoms with Crippen LogP contribution in [-0.2, 0) is 22.4 Å².